The van der Waals surface area contributed by atoms with E-state index in [1.165, 1.54) is 25.6 Å². The Hall–Kier alpha value is -1.76. The number of methoxy groups -OCH3 is 2. The van der Waals surface area contributed by atoms with E-state index >= 15 is 0 Å². The Morgan fingerprint density at radius 1 is 1.19 bits per heavy atom. The van der Waals surface area contributed by atoms with Crippen LogP contribution in [-0.2, 0) is 9.47 Å². The normalized spacial score (nSPS) is 10.3. The van der Waals surface area contributed by atoms with Crippen LogP contribution in [0, 0.1) is 0 Å². The maximum absolute atomic E-state index is 12.0. The summed E-state index contributed by atoms with van der Waals surface area (Å²) >= 11 is 1.17. The lowest BCUT2D eigenvalue weighted by atomic mass is 10.2. The molecule has 1 heterocycles. The van der Waals surface area contributed by atoms with Crippen molar-refractivity contribution in [3.63, 3.8) is 0 Å². The molecule has 0 saturated carbocycles. The molecule has 1 rings (SSSR count). The molecule has 1 aromatic heterocycles. The minimum absolute atomic E-state index is 0.128. The highest BCUT2D eigenvalue weighted by Gasteiger charge is 2.28. The maximum atomic E-state index is 12.0. The highest BCUT2D eigenvalue weighted by atomic mass is 32.1. The van der Waals surface area contributed by atoms with Crippen molar-refractivity contribution in [3.8, 4) is 0 Å². The molecule has 0 spiro atoms. The highest BCUT2D eigenvalue weighted by molar-refractivity contribution is 7.19. The second-order valence-corrected chi connectivity index (χ2v) is 5.44. The van der Waals surface area contributed by atoms with Crippen molar-refractivity contribution in [3.05, 3.63) is 10.4 Å². The second kappa shape index (κ2) is 7.87. The zero-order valence-electron chi connectivity index (χ0n) is 12.9. The van der Waals surface area contributed by atoms with Gasteiger partial charge in [-0.15, -0.1) is 11.3 Å². The minimum Gasteiger partial charge on any atom is -0.465 e. The summed E-state index contributed by atoms with van der Waals surface area (Å²) in [5.74, 6) is -1.08. The minimum atomic E-state index is -0.541. The van der Waals surface area contributed by atoms with E-state index in [-0.39, 0.29) is 16.1 Å². The fraction of sp³-hybridized carbons (Fsp3) is 0.571. The van der Waals surface area contributed by atoms with Gasteiger partial charge in [0.15, 0.2) is 0 Å². The van der Waals surface area contributed by atoms with E-state index in [0.29, 0.717) is 11.5 Å². The third-order valence-corrected chi connectivity index (χ3v) is 4.38. The fourth-order valence-corrected chi connectivity index (χ4v) is 3.17. The Morgan fingerprint density at radius 2 is 1.81 bits per heavy atom. The molecule has 0 bridgehead atoms. The van der Waals surface area contributed by atoms with Gasteiger partial charge in [0.1, 0.15) is 15.4 Å². The largest absolute Gasteiger partial charge is 0.465 e. The lowest BCUT2D eigenvalue weighted by Gasteiger charge is -2.22. The molecular formula is C14H22N2O4S. The molecule has 0 aliphatic carbocycles. The number of ether oxygens (including phenoxy) is 2. The van der Waals surface area contributed by atoms with Gasteiger partial charge in [0.2, 0.25) is 0 Å². The van der Waals surface area contributed by atoms with Crippen LogP contribution in [0.5, 0.6) is 0 Å². The van der Waals surface area contributed by atoms with Gasteiger partial charge in [0.05, 0.1) is 19.9 Å². The van der Waals surface area contributed by atoms with Crippen molar-refractivity contribution in [1.29, 1.82) is 0 Å². The van der Waals surface area contributed by atoms with Gasteiger partial charge in [-0.3, -0.25) is 0 Å². The number of rotatable bonds is 7. The van der Waals surface area contributed by atoms with Crippen LogP contribution in [0.3, 0.4) is 0 Å². The van der Waals surface area contributed by atoms with Crippen molar-refractivity contribution in [1.82, 2.24) is 0 Å². The van der Waals surface area contributed by atoms with E-state index in [1.807, 2.05) is 11.8 Å². The number of carbonyl (C=O) groups is 2. The molecule has 0 aromatic carbocycles. The second-order valence-electron chi connectivity index (χ2n) is 4.44. The molecule has 0 radical (unpaired) electrons. The molecule has 0 atom stereocenters. The molecule has 2 N–H and O–H groups in total. The molecule has 0 amide bonds. The van der Waals surface area contributed by atoms with Crippen molar-refractivity contribution in [2.45, 2.75) is 26.7 Å². The molecule has 0 saturated heterocycles. The number of hydrogen-bond acceptors (Lipinski definition) is 7. The smallest absolute Gasteiger partial charge is 0.350 e. The molecule has 21 heavy (non-hydrogen) atoms. The van der Waals surface area contributed by atoms with Crippen LogP contribution in [0.1, 0.15) is 46.7 Å². The van der Waals surface area contributed by atoms with E-state index in [4.69, 9.17) is 15.2 Å². The third-order valence-electron chi connectivity index (χ3n) is 3.14. The van der Waals surface area contributed by atoms with Gasteiger partial charge >= 0.3 is 11.9 Å². The summed E-state index contributed by atoms with van der Waals surface area (Å²) in [7, 11) is 2.58. The topological polar surface area (TPSA) is 81.9 Å². The number of thiophene rings is 1. The Bertz CT molecular complexity index is 513. The van der Waals surface area contributed by atoms with Gasteiger partial charge in [-0.25, -0.2) is 9.59 Å². The van der Waals surface area contributed by atoms with Crippen LogP contribution in [0.2, 0.25) is 0 Å². The van der Waals surface area contributed by atoms with Crippen molar-refractivity contribution >= 4 is 34.0 Å². The van der Waals surface area contributed by atoms with Gasteiger partial charge in [0, 0.05) is 13.1 Å². The quantitative estimate of drug-likeness (QED) is 0.779. The van der Waals surface area contributed by atoms with Crippen molar-refractivity contribution < 1.29 is 19.1 Å². The number of carbonyl (C=O) groups excluding carboxylic acids is 2. The zero-order chi connectivity index (χ0) is 16.0. The monoisotopic (exact) mass is 314 g/mol. The first-order valence-corrected chi connectivity index (χ1v) is 7.67. The Morgan fingerprint density at radius 3 is 2.29 bits per heavy atom. The molecule has 7 heteroatoms. The van der Waals surface area contributed by atoms with Crippen LogP contribution in [0.4, 0.5) is 10.7 Å². The Balaban J connectivity index is 3.33. The molecule has 0 aliphatic rings. The molecule has 118 valence electrons. The zero-order valence-corrected chi connectivity index (χ0v) is 13.7. The number of nitrogens with zero attached hydrogens (tertiary/aromatic N) is 1. The Labute approximate surface area is 128 Å². The molecule has 6 nitrogen and oxygen atoms in total. The molecule has 0 aliphatic heterocycles. The molecular weight excluding hydrogens is 292 g/mol. The van der Waals surface area contributed by atoms with Gasteiger partial charge in [-0.2, -0.15) is 0 Å². The van der Waals surface area contributed by atoms with Crippen LogP contribution in [0.15, 0.2) is 0 Å². The van der Waals surface area contributed by atoms with E-state index in [9.17, 15) is 9.59 Å². The highest BCUT2D eigenvalue weighted by Crippen LogP contribution is 2.39. The average molecular weight is 314 g/mol. The molecule has 0 fully saturated rings. The fourth-order valence-electron chi connectivity index (χ4n) is 1.95. The molecule has 0 unspecified atom stereocenters. The number of hydrogen-bond donors (Lipinski definition) is 1. The number of anilines is 2. The van der Waals surface area contributed by atoms with E-state index in [2.05, 4.69) is 6.92 Å². The Kier molecular flexibility index (Phi) is 6.48. The number of unbranched alkanes of at least 4 members (excludes halogenated alkanes) is 1. The summed E-state index contributed by atoms with van der Waals surface area (Å²) in [5.41, 5.74) is 6.34. The van der Waals surface area contributed by atoms with Gasteiger partial charge in [-0.05, 0) is 13.3 Å². The van der Waals surface area contributed by atoms with Gasteiger partial charge in [-0.1, -0.05) is 13.3 Å². The van der Waals surface area contributed by atoms with Crippen molar-refractivity contribution in [2.75, 3.05) is 37.9 Å². The van der Waals surface area contributed by atoms with Crippen molar-refractivity contribution in [2.24, 2.45) is 0 Å². The van der Waals surface area contributed by atoms with Crippen LogP contribution in [0.25, 0.3) is 0 Å². The first-order valence-electron chi connectivity index (χ1n) is 6.85. The van der Waals surface area contributed by atoms with Crippen LogP contribution >= 0.6 is 11.3 Å². The first-order chi connectivity index (χ1) is 10.0. The lowest BCUT2D eigenvalue weighted by Crippen LogP contribution is -2.25. The average Bonchev–Trinajstić information content (AvgIpc) is 2.84. The lowest BCUT2D eigenvalue weighted by molar-refractivity contribution is 0.0602. The van der Waals surface area contributed by atoms with E-state index < -0.39 is 11.9 Å². The first kappa shape index (κ1) is 17.3. The summed E-state index contributed by atoms with van der Waals surface area (Å²) < 4.78 is 9.51. The van der Waals surface area contributed by atoms with E-state index in [1.54, 1.807) is 0 Å². The summed E-state index contributed by atoms with van der Waals surface area (Å²) in [5, 5.41) is 0.663. The number of esters is 2. The van der Waals surface area contributed by atoms with Gasteiger partial charge in [0.25, 0.3) is 0 Å². The van der Waals surface area contributed by atoms with E-state index in [0.717, 1.165) is 19.4 Å². The molecule has 1 aromatic rings. The summed E-state index contributed by atoms with van der Waals surface area (Å²) in [6.45, 7) is 5.59. The summed E-state index contributed by atoms with van der Waals surface area (Å²) in [4.78, 5) is 26.0. The summed E-state index contributed by atoms with van der Waals surface area (Å²) in [6, 6.07) is 0. The SMILES string of the molecule is CCCCN(CC)c1sc(C(=O)OC)c(N)c1C(=O)OC. The maximum Gasteiger partial charge on any atom is 0.350 e. The summed E-state index contributed by atoms with van der Waals surface area (Å²) in [6.07, 6.45) is 2.02. The third kappa shape index (κ3) is 3.66. The standard InChI is InChI=1S/C14H22N2O4S/c1-5-7-8-16(6-2)12-9(13(17)19-3)10(15)11(21-12)14(18)20-4/h5-8,15H2,1-4H3. The number of nitrogens with two attached hydrogens (primary N) is 1. The van der Waals surface area contributed by atoms with Crippen LogP contribution < -0.4 is 10.6 Å². The predicted molar refractivity (Wildman–Crippen MR) is 84.2 cm³/mol. The van der Waals surface area contributed by atoms with Crippen LogP contribution in [-0.4, -0.2) is 39.2 Å². The number of nitrogen functional groups attached to an aromatic ring is 1. The predicted octanol–water partition coefficient (Wildman–Crippen LogP) is 2.53. The van der Waals surface area contributed by atoms with Gasteiger partial charge < -0.3 is 20.1 Å².